The minimum Gasteiger partial charge on any atom is -0.497 e. The molecule has 2 heterocycles. The van der Waals surface area contributed by atoms with Gasteiger partial charge in [0.25, 0.3) is 5.91 Å². The summed E-state index contributed by atoms with van der Waals surface area (Å²) in [5, 5.41) is 12.9. The Hall–Kier alpha value is -3.18. The van der Waals surface area contributed by atoms with E-state index in [1.807, 2.05) is 31.2 Å². The third kappa shape index (κ3) is 8.42. The van der Waals surface area contributed by atoms with Crippen molar-refractivity contribution in [2.45, 2.75) is 39.0 Å². The van der Waals surface area contributed by atoms with Crippen LogP contribution in [0.3, 0.4) is 0 Å². The Morgan fingerprint density at radius 3 is 2.61 bits per heavy atom. The highest BCUT2D eigenvalue weighted by Gasteiger charge is 2.33. The number of aliphatic hydroxyl groups excluding tert-OH is 1. The molecule has 2 aliphatic heterocycles. The molecule has 4 rings (SSSR count). The number of anilines is 1. The minimum absolute atomic E-state index is 0.0129. The summed E-state index contributed by atoms with van der Waals surface area (Å²) < 4.78 is 17.2. The molecule has 2 N–H and O–H groups in total. The fourth-order valence-corrected chi connectivity index (χ4v) is 5.24. The van der Waals surface area contributed by atoms with E-state index in [9.17, 15) is 14.7 Å². The van der Waals surface area contributed by atoms with Gasteiger partial charge in [-0.15, -0.1) is 0 Å². The van der Waals surface area contributed by atoms with Crippen molar-refractivity contribution >= 4 is 17.5 Å². The Kier molecular flexibility index (Phi) is 11.0. The number of carbonyl (C=O) groups excluding carboxylic acids is 2. The summed E-state index contributed by atoms with van der Waals surface area (Å²) in [5.41, 5.74) is 2.09. The SMILES string of the molecule is COc1ccc(CN(C)C[C@@H]2Oc3ccc(NC(=O)CCN4CCOCC4)cc3C(=O)N([C@H](C)CO)C[C@H]2C)cc1. The highest BCUT2D eigenvalue weighted by molar-refractivity contribution is 5.99. The molecule has 224 valence electrons. The molecular weight excluding hydrogens is 524 g/mol. The van der Waals surface area contributed by atoms with Crippen molar-refractivity contribution < 1.29 is 28.9 Å². The summed E-state index contributed by atoms with van der Waals surface area (Å²) in [4.78, 5) is 32.5. The van der Waals surface area contributed by atoms with Gasteiger partial charge in [-0.05, 0) is 49.9 Å². The summed E-state index contributed by atoms with van der Waals surface area (Å²) in [6.45, 7) is 9.27. The summed E-state index contributed by atoms with van der Waals surface area (Å²) in [6.07, 6.45) is 0.155. The van der Waals surface area contributed by atoms with Crippen LogP contribution in [0.4, 0.5) is 5.69 Å². The van der Waals surface area contributed by atoms with Crippen molar-refractivity contribution in [1.82, 2.24) is 14.7 Å². The van der Waals surface area contributed by atoms with Gasteiger partial charge in [0, 0.05) is 57.3 Å². The van der Waals surface area contributed by atoms with Gasteiger partial charge in [0.15, 0.2) is 0 Å². The van der Waals surface area contributed by atoms with Gasteiger partial charge in [0.05, 0.1) is 38.5 Å². The number of likely N-dealkylation sites (N-methyl/N-ethyl adjacent to an activating group) is 1. The minimum atomic E-state index is -0.361. The predicted molar refractivity (Wildman–Crippen MR) is 157 cm³/mol. The second kappa shape index (κ2) is 14.6. The smallest absolute Gasteiger partial charge is 0.258 e. The van der Waals surface area contributed by atoms with Gasteiger partial charge in [-0.1, -0.05) is 19.1 Å². The van der Waals surface area contributed by atoms with E-state index in [4.69, 9.17) is 14.2 Å². The first-order chi connectivity index (χ1) is 19.8. The summed E-state index contributed by atoms with van der Waals surface area (Å²) >= 11 is 0. The molecule has 0 saturated carbocycles. The van der Waals surface area contributed by atoms with Crippen molar-refractivity contribution in [3.8, 4) is 11.5 Å². The van der Waals surface area contributed by atoms with Gasteiger partial charge in [-0.3, -0.25) is 19.4 Å². The van der Waals surface area contributed by atoms with Crippen molar-refractivity contribution in [1.29, 1.82) is 0 Å². The van der Waals surface area contributed by atoms with Crippen LogP contribution in [0.2, 0.25) is 0 Å². The molecule has 0 radical (unpaired) electrons. The monoisotopic (exact) mass is 568 g/mol. The number of rotatable bonds is 11. The average molecular weight is 569 g/mol. The molecule has 2 aromatic rings. The van der Waals surface area contributed by atoms with E-state index < -0.39 is 0 Å². The van der Waals surface area contributed by atoms with E-state index in [2.05, 4.69) is 29.1 Å². The highest BCUT2D eigenvalue weighted by Crippen LogP contribution is 2.31. The van der Waals surface area contributed by atoms with Crippen molar-refractivity contribution in [2.75, 3.05) is 72.0 Å². The van der Waals surface area contributed by atoms with Gasteiger partial charge in [-0.2, -0.15) is 0 Å². The maximum atomic E-state index is 13.7. The second-order valence-electron chi connectivity index (χ2n) is 11.1. The van der Waals surface area contributed by atoms with Crippen LogP contribution in [-0.2, 0) is 16.1 Å². The Morgan fingerprint density at radius 1 is 1.20 bits per heavy atom. The number of nitrogens with one attached hydrogen (secondary N) is 1. The van der Waals surface area contributed by atoms with E-state index in [1.165, 1.54) is 0 Å². The van der Waals surface area contributed by atoms with Crippen LogP contribution in [-0.4, -0.2) is 110 Å². The number of hydrogen-bond acceptors (Lipinski definition) is 8. The molecule has 0 spiro atoms. The standard InChI is InChI=1S/C31H44N4O6/c1-22-18-35(23(2)21-36)31(38)27-17-25(32-30(37)11-12-34-13-15-40-16-14-34)7-10-28(27)41-29(22)20-33(3)19-24-5-8-26(39-4)9-6-24/h5-10,17,22-23,29,36H,11-16,18-21H2,1-4H3,(H,32,37)/t22-,23-,29+/m1/s1. The molecule has 10 nitrogen and oxygen atoms in total. The van der Waals surface area contributed by atoms with Gasteiger partial charge in [0.1, 0.15) is 17.6 Å². The van der Waals surface area contributed by atoms with E-state index in [0.29, 0.717) is 56.3 Å². The molecular formula is C31H44N4O6. The van der Waals surface area contributed by atoms with Crippen LogP contribution in [0.5, 0.6) is 11.5 Å². The lowest BCUT2D eigenvalue weighted by Gasteiger charge is -2.38. The molecule has 2 aliphatic rings. The molecule has 0 aromatic heterocycles. The molecule has 0 bridgehead atoms. The Bertz CT molecular complexity index is 1150. The van der Waals surface area contributed by atoms with Crippen LogP contribution >= 0.6 is 0 Å². The molecule has 2 amide bonds. The van der Waals surface area contributed by atoms with Crippen molar-refractivity contribution in [3.63, 3.8) is 0 Å². The number of fused-ring (bicyclic) bond motifs is 1. The first-order valence-corrected chi connectivity index (χ1v) is 14.4. The van der Waals surface area contributed by atoms with Gasteiger partial charge in [0.2, 0.25) is 5.91 Å². The highest BCUT2D eigenvalue weighted by atomic mass is 16.5. The lowest BCUT2D eigenvalue weighted by atomic mass is 9.99. The van der Waals surface area contributed by atoms with Crippen molar-refractivity contribution in [3.05, 3.63) is 53.6 Å². The molecule has 1 saturated heterocycles. The van der Waals surface area contributed by atoms with Crippen molar-refractivity contribution in [2.24, 2.45) is 5.92 Å². The quantitative estimate of drug-likeness (QED) is 0.427. The predicted octanol–water partition coefficient (Wildman–Crippen LogP) is 2.71. The molecule has 41 heavy (non-hydrogen) atoms. The largest absolute Gasteiger partial charge is 0.497 e. The molecule has 3 atom stereocenters. The number of hydrogen-bond donors (Lipinski definition) is 2. The second-order valence-corrected chi connectivity index (χ2v) is 11.1. The lowest BCUT2D eigenvalue weighted by molar-refractivity contribution is -0.116. The number of methoxy groups -OCH3 is 1. The zero-order valence-corrected chi connectivity index (χ0v) is 24.7. The van der Waals surface area contributed by atoms with Crippen LogP contribution in [0, 0.1) is 5.92 Å². The van der Waals surface area contributed by atoms with Gasteiger partial charge < -0.3 is 29.5 Å². The van der Waals surface area contributed by atoms with Crippen LogP contribution in [0.15, 0.2) is 42.5 Å². The maximum Gasteiger partial charge on any atom is 0.258 e. The Labute approximate surface area is 243 Å². The molecule has 0 unspecified atom stereocenters. The summed E-state index contributed by atoms with van der Waals surface area (Å²) in [6, 6.07) is 12.9. The van der Waals surface area contributed by atoms with Gasteiger partial charge in [-0.25, -0.2) is 0 Å². The number of morpholine rings is 1. The zero-order valence-electron chi connectivity index (χ0n) is 24.7. The normalized spacial score (nSPS) is 20.5. The van der Waals surface area contributed by atoms with E-state index in [1.54, 1.807) is 30.2 Å². The fourth-order valence-electron chi connectivity index (χ4n) is 5.24. The maximum absolute atomic E-state index is 13.7. The number of amides is 2. The van der Waals surface area contributed by atoms with E-state index in [-0.39, 0.29) is 36.5 Å². The van der Waals surface area contributed by atoms with Gasteiger partial charge >= 0.3 is 0 Å². The fraction of sp³-hybridized carbons (Fsp3) is 0.548. The topological polar surface area (TPSA) is 104 Å². The lowest BCUT2D eigenvalue weighted by Crippen LogP contribution is -2.49. The van der Waals surface area contributed by atoms with E-state index in [0.717, 1.165) is 30.9 Å². The molecule has 1 fully saturated rings. The third-order valence-corrected chi connectivity index (χ3v) is 7.81. The van der Waals surface area contributed by atoms with Crippen LogP contribution in [0.25, 0.3) is 0 Å². The Morgan fingerprint density at radius 2 is 1.93 bits per heavy atom. The average Bonchev–Trinajstić information content (AvgIpc) is 2.98. The number of ether oxygens (including phenoxy) is 3. The third-order valence-electron chi connectivity index (χ3n) is 7.81. The number of nitrogens with zero attached hydrogens (tertiary/aromatic N) is 3. The first-order valence-electron chi connectivity index (χ1n) is 14.4. The number of aliphatic hydroxyl groups is 1. The first kappa shape index (κ1) is 30.8. The number of carbonyl (C=O) groups is 2. The molecule has 10 heteroatoms. The number of benzene rings is 2. The summed E-state index contributed by atoms with van der Waals surface area (Å²) in [5.74, 6) is 0.982. The molecule has 2 aromatic carbocycles. The molecule has 0 aliphatic carbocycles. The summed E-state index contributed by atoms with van der Waals surface area (Å²) in [7, 11) is 3.70. The van der Waals surface area contributed by atoms with E-state index >= 15 is 0 Å². The Balaban J connectivity index is 1.49. The zero-order chi connectivity index (χ0) is 29.4. The van der Waals surface area contributed by atoms with Crippen LogP contribution < -0.4 is 14.8 Å². The van der Waals surface area contributed by atoms with Crippen LogP contribution in [0.1, 0.15) is 36.2 Å².